The van der Waals surface area contributed by atoms with Crippen molar-refractivity contribution in [3.63, 3.8) is 0 Å². The van der Waals surface area contributed by atoms with Crippen molar-refractivity contribution < 1.29 is 4.74 Å². The van der Waals surface area contributed by atoms with Crippen molar-refractivity contribution in [2.75, 3.05) is 13.2 Å². The molecule has 2 heteroatoms. The molecule has 0 spiro atoms. The standard InChI is InChI=1S/C15H27NO/c1-4-10-16-14(13-8-6-11-17-13)12-7-5-9-15(12,2)3/h8,12,14,16H,4-7,9-11H2,1-3H3. The second-order valence-corrected chi connectivity index (χ2v) is 6.16. The fourth-order valence-corrected chi connectivity index (χ4v) is 3.37. The second kappa shape index (κ2) is 5.43. The van der Waals surface area contributed by atoms with Gasteiger partial charge in [-0.3, -0.25) is 0 Å². The number of nitrogens with one attached hydrogen (secondary N) is 1. The Kier molecular flexibility index (Phi) is 4.13. The van der Waals surface area contributed by atoms with Gasteiger partial charge in [-0.1, -0.05) is 27.2 Å². The Hall–Kier alpha value is -0.500. The zero-order valence-electron chi connectivity index (χ0n) is 11.6. The summed E-state index contributed by atoms with van der Waals surface area (Å²) in [7, 11) is 0. The number of ether oxygens (including phenoxy) is 1. The first-order valence-corrected chi connectivity index (χ1v) is 7.21. The Morgan fingerprint density at radius 2 is 2.35 bits per heavy atom. The van der Waals surface area contributed by atoms with Crippen LogP contribution in [0.1, 0.15) is 52.9 Å². The van der Waals surface area contributed by atoms with Gasteiger partial charge in [-0.15, -0.1) is 0 Å². The van der Waals surface area contributed by atoms with E-state index in [1.165, 1.54) is 31.4 Å². The van der Waals surface area contributed by atoms with E-state index in [9.17, 15) is 0 Å². The molecule has 98 valence electrons. The zero-order chi connectivity index (χ0) is 12.3. The molecule has 0 aromatic rings. The Morgan fingerprint density at radius 1 is 1.53 bits per heavy atom. The summed E-state index contributed by atoms with van der Waals surface area (Å²) in [4.78, 5) is 0. The van der Waals surface area contributed by atoms with E-state index < -0.39 is 0 Å². The van der Waals surface area contributed by atoms with Crippen LogP contribution >= 0.6 is 0 Å². The smallest absolute Gasteiger partial charge is 0.109 e. The molecule has 17 heavy (non-hydrogen) atoms. The van der Waals surface area contributed by atoms with Crippen LogP contribution in [0.5, 0.6) is 0 Å². The van der Waals surface area contributed by atoms with E-state index in [-0.39, 0.29) is 0 Å². The average Bonchev–Trinajstić information content (AvgIpc) is 2.90. The van der Waals surface area contributed by atoms with E-state index in [4.69, 9.17) is 4.74 Å². The highest BCUT2D eigenvalue weighted by Gasteiger charge is 2.41. The van der Waals surface area contributed by atoms with Crippen molar-refractivity contribution in [3.05, 3.63) is 11.8 Å². The van der Waals surface area contributed by atoms with E-state index in [0.29, 0.717) is 11.5 Å². The average molecular weight is 237 g/mol. The van der Waals surface area contributed by atoms with Gasteiger partial charge in [0.1, 0.15) is 5.76 Å². The van der Waals surface area contributed by atoms with Crippen LogP contribution in [-0.2, 0) is 4.74 Å². The van der Waals surface area contributed by atoms with Crippen LogP contribution < -0.4 is 5.32 Å². The minimum absolute atomic E-state index is 0.454. The number of hydrogen-bond acceptors (Lipinski definition) is 2. The zero-order valence-corrected chi connectivity index (χ0v) is 11.6. The minimum Gasteiger partial charge on any atom is -0.496 e. The maximum absolute atomic E-state index is 5.82. The van der Waals surface area contributed by atoms with Gasteiger partial charge in [0, 0.05) is 6.42 Å². The molecule has 2 nitrogen and oxygen atoms in total. The topological polar surface area (TPSA) is 21.3 Å². The lowest BCUT2D eigenvalue weighted by molar-refractivity contribution is 0.147. The summed E-state index contributed by atoms with van der Waals surface area (Å²) >= 11 is 0. The Morgan fingerprint density at radius 3 is 2.88 bits per heavy atom. The lowest BCUT2D eigenvalue weighted by atomic mass is 9.77. The summed E-state index contributed by atoms with van der Waals surface area (Å²) in [5.41, 5.74) is 0.457. The molecular weight excluding hydrogens is 210 g/mol. The van der Waals surface area contributed by atoms with E-state index in [1.54, 1.807) is 0 Å². The second-order valence-electron chi connectivity index (χ2n) is 6.16. The van der Waals surface area contributed by atoms with Gasteiger partial charge in [0.2, 0.25) is 0 Å². The maximum atomic E-state index is 5.82. The molecule has 2 rings (SSSR count). The van der Waals surface area contributed by atoms with Crippen molar-refractivity contribution in [3.8, 4) is 0 Å². The van der Waals surface area contributed by atoms with Crippen LogP contribution in [0, 0.1) is 11.3 Å². The molecular formula is C15H27NO. The summed E-state index contributed by atoms with van der Waals surface area (Å²) in [5.74, 6) is 1.96. The normalized spacial score (nSPS) is 28.9. The molecule has 1 heterocycles. The van der Waals surface area contributed by atoms with Gasteiger partial charge in [-0.05, 0) is 43.2 Å². The molecule has 1 fully saturated rings. The Bertz CT molecular complexity index is 283. The van der Waals surface area contributed by atoms with Crippen molar-refractivity contribution in [1.82, 2.24) is 5.32 Å². The fraction of sp³-hybridized carbons (Fsp3) is 0.867. The van der Waals surface area contributed by atoms with E-state index in [1.807, 2.05) is 0 Å². The summed E-state index contributed by atoms with van der Waals surface area (Å²) in [6.07, 6.45) is 8.64. The largest absolute Gasteiger partial charge is 0.496 e. The SMILES string of the molecule is CCCNC(C1=CCCO1)C1CCCC1(C)C. The van der Waals surface area contributed by atoms with Crippen LogP contribution in [0.2, 0.25) is 0 Å². The third-order valence-corrected chi connectivity index (χ3v) is 4.40. The minimum atomic E-state index is 0.454. The molecule has 2 aliphatic rings. The lowest BCUT2D eigenvalue weighted by Crippen LogP contribution is -2.42. The first-order chi connectivity index (χ1) is 8.15. The summed E-state index contributed by atoms with van der Waals surface area (Å²) in [5, 5.41) is 3.72. The summed E-state index contributed by atoms with van der Waals surface area (Å²) < 4.78 is 5.82. The van der Waals surface area contributed by atoms with Gasteiger partial charge in [0.15, 0.2) is 0 Å². The fourth-order valence-electron chi connectivity index (χ4n) is 3.37. The van der Waals surface area contributed by atoms with E-state index >= 15 is 0 Å². The lowest BCUT2D eigenvalue weighted by Gasteiger charge is -2.35. The molecule has 0 aromatic heterocycles. The Labute approximate surface area is 106 Å². The third-order valence-electron chi connectivity index (χ3n) is 4.40. The highest BCUT2D eigenvalue weighted by Crippen LogP contribution is 2.46. The first-order valence-electron chi connectivity index (χ1n) is 7.21. The number of hydrogen-bond donors (Lipinski definition) is 1. The van der Waals surface area contributed by atoms with Gasteiger partial charge in [0.25, 0.3) is 0 Å². The summed E-state index contributed by atoms with van der Waals surface area (Å²) in [6.45, 7) is 9.04. The predicted molar refractivity (Wildman–Crippen MR) is 71.9 cm³/mol. The molecule has 0 radical (unpaired) electrons. The van der Waals surface area contributed by atoms with E-state index in [0.717, 1.165) is 25.5 Å². The van der Waals surface area contributed by atoms with Crippen LogP contribution in [0.3, 0.4) is 0 Å². The first kappa shape index (κ1) is 12.9. The molecule has 2 atom stereocenters. The van der Waals surface area contributed by atoms with Crippen LogP contribution in [-0.4, -0.2) is 19.2 Å². The highest BCUT2D eigenvalue weighted by atomic mass is 16.5. The van der Waals surface area contributed by atoms with Crippen LogP contribution in [0.15, 0.2) is 11.8 Å². The van der Waals surface area contributed by atoms with Gasteiger partial charge < -0.3 is 10.1 Å². The molecule has 0 bridgehead atoms. The van der Waals surface area contributed by atoms with Crippen molar-refractivity contribution in [1.29, 1.82) is 0 Å². The highest BCUT2D eigenvalue weighted by molar-refractivity contribution is 5.12. The van der Waals surface area contributed by atoms with Gasteiger partial charge >= 0.3 is 0 Å². The van der Waals surface area contributed by atoms with Crippen molar-refractivity contribution >= 4 is 0 Å². The molecule has 1 aliphatic carbocycles. The van der Waals surface area contributed by atoms with Crippen molar-refractivity contribution in [2.45, 2.75) is 58.9 Å². The molecule has 0 amide bonds. The quantitative estimate of drug-likeness (QED) is 0.790. The molecule has 0 aromatic carbocycles. The predicted octanol–water partition coefficient (Wildman–Crippen LogP) is 3.49. The molecule has 1 N–H and O–H groups in total. The van der Waals surface area contributed by atoms with Gasteiger partial charge in [-0.2, -0.15) is 0 Å². The van der Waals surface area contributed by atoms with Crippen molar-refractivity contribution in [2.24, 2.45) is 11.3 Å². The maximum Gasteiger partial charge on any atom is 0.109 e. The van der Waals surface area contributed by atoms with Crippen LogP contribution in [0.25, 0.3) is 0 Å². The van der Waals surface area contributed by atoms with Gasteiger partial charge in [0.05, 0.1) is 12.6 Å². The van der Waals surface area contributed by atoms with Crippen LogP contribution in [0.4, 0.5) is 0 Å². The Balaban J connectivity index is 2.09. The molecule has 0 saturated heterocycles. The molecule has 1 aliphatic heterocycles. The monoisotopic (exact) mass is 237 g/mol. The third kappa shape index (κ3) is 2.85. The molecule has 1 saturated carbocycles. The van der Waals surface area contributed by atoms with E-state index in [2.05, 4.69) is 32.2 Å². The van der Waals surface area contributed by atoms with Gasteiger partial charge in [-0.25, -0.2) is 0 Å². The molecule has 2 unspecified atom stereocenters. The number of rotatable bonds is 5. The summed E-state index contributed by atoms with van der Waals surface area (Å²) in [6, 6.07) is 0.454.